The van der Waals surface area contributed by atoms with Crippen molar-refractivity contribution in [2.75, 3.05) is 29.9 Å². The number of anilines is 2. The number of rotatable bonds is 4. The average Bonchev–Trinajstić information content (AvgIpc) is 3.52. The third-order valence-electron chi connectivity index (χ3n) is 6.95. The van der Waals surface area contributed by atoms with Gasteiger partial charge in [0.2, 0.25) is 0 Å². The number of urea groups is 1. The van der Waals surface area contributed by atoms with Crippen molar-refractivity contribution >= 4 is 29.4 Å². The summed E-state index contributed by atoms with van der Waals surface area (Å²) in [6, 6.07) is 6.38. The van der Waals surface area contributed by atoms with Crippen molar-refractivity contribution in [1.82, 2.24) is 24.8 Å². The van der Waals surface area contributed by atoms with Gasteiger partial charge in [0.1, 0.15) is 23.1 Å². The maximum atomic E-state index is 14.5. The Hall–Kier alpha value is -3.96. The van der Waals surface area contributed by atoms with E-state index in [0.717, 1.165) is 18.6 Å². The molecule has 208 valence electrons. The highest BCUT2D eigenvalue weighted by Crippen LogP contribution is 2.36. The third-order valence-corrected chi connectivity index (χ3v) is 6.95. The van der Waals surface area contributed by atoms with Crippen molar-refractivity contribution in [3.05, 3.63) is 53.7 Å². The topological polar surface area (TPSA) is 104 Å². The van der Waals surface area contributed by atoms with Gasteiger partial charge in [-0.1, -0.05) is 0 Å². The van der Waals surface area contributed by atoms with Crippen LogP contribution in [-0.4, -0.2) is 62.9 Å². The second-order valence-corrected chi connectivity index (χ2v) is 11.0. The number of likely N-dealkylation sites (tertiary alicyclic amines) is 1. The molecule has 1 aromatic carbocycles. The monoisotopic (exact) mass is 541 g/mol. The van der Waals surface area contributed by atoms with Gasteiger partial charge in [-0.25, -0.2) is 23.4 Å². The quantitative estimate of drug-likeness (QED) is 0.489. The van der Waals surface area contributed by atoms with Crippen LogP contribution in [-0.2, 0) is 4.74 Å². The molecule has 0 bridgehead atoms. The molecule has 2 aliphatic heterocycles. The third kappa shape index (κ3) is 6.04. The molecular weight excluding hydrogens is 508 g/mol. The predicted molar refractivity (Wildman–Crippen MR) is 142 cm³/mol. The number of halogens is 2. The van der Waals surface area contributed by atoms with Gasteiger partial charge in [-0.15, -0.1) is 5.10 Å². The van der Waals surface area contributed by atoms with Crippen LogP contribution in [0.3, 0.4) is 0 Å². The summed E-state index contributed by atoms with van der Waals surface area (Å²) >= 11 is 0. The number of ether oxygens (including phenoxy) is 1. The fourth-order valence-electron chi connectivity index (χ4n) is 5.13. The van der Waals surface area contributed by atoms with Gasteiger partial charge in [0.15, 0.2) is 11.5 Å². The van der Waals surface area contributed by atoms with Crippen LogP contribution >= 0.6 is 0 Å². The Labute approximate surface area is 225 Å². The molecule has 3 aromatic rings. The molecule has 0 radical (unpaired) electrons. The molecule has 0 aliphatic carbocycles. The normalized spacial score (nSPS) is 18.4. The summed E-state index contributed by atoms with van der Waals surface area (Å²) in [5, 5.41) is 10.4. The minimum Gasteiger partial charge on any atom is -0.444 e. The van der Waals surface area contributed by atoms with Gasteiger partial charge in [0.25, 0.3) is 0 Å². The predicted octanol–water partition coefficient (Wildman–Crippen LogP) is 4.87. The van der Waals surface area contributed by atoms with Gasteiger partial charge >= 0.3 is 12.1 Å². The van der Waals surface area contributed by atoms with E-state index in [0.29, 0.717) is 61.7 Å². The second kappa shape index (κ2) is 10.7. The lowest BCUT2D eigenvalue weighted by Gasteiger charge is -2.32. The summed E-state index contributed by atoms with van der Waals surface area (Å²) < 4.78 is 35.3. The van der Waals surface area contributed by atoms with Crippen molar-refractivity contribution in [2.24, 2.45) is 0 Å². The molecule has 0 spiro atoms. The number of amides is 3. The Balaban J connectivity index is 1.25. The average molecular weight is 542 g/mol. The second-order valence-electron chi connectivity index (χ2n) is 11.0. The zero-order valence-corrected chi connectivity index (χ0v) is 22.3. The number of piperidine rings is 1. The molecular formula is C27H33F2N7O3. The van der Waals surface area contributed by atoms with Crippen LogP contribution in [0.25, 0.3) is 5.65 Å². The highest BCUT2D eigenvalue weighted by Gasteiger charge is 2.30. The molecule has 2 aromatic heterocycles. The largest absolute Gasteiger partial charge is 0.444 e. The molecule has 2 aliphatic rings. The first-order valence-electron chi connectivity index (χ1n) is 13.2. The van der Waals surface area contributed by atoms with Crippen LogP contribution in [0.5, 0.6) is 0 Å². The molecule has 0 saturated carbocycles. The Bertz CT molecular complexity index is 1370. The van der Waals surface area contributed by atoms with Crippen molar-refractivity contribution in [2.45, 2.75) is 64.1 Å². The van der Waals surface area contributed by atoms with Crippen LogP contribution in [0.2, 0.25) is 0 Å². The fourth-order valence-corrected chi connectivity index (χ4v) is 5.13. The smallest absolute Gasteiger partial charge is 0.407 e. The van der Waals surface area contributed by atoms with Crippen LogP contribution < -0.4 is 15.5 Å². The number of imidazole rings is 1. The molecule has 4 heterocycles. The van der Waals surface area contributed by atoms with Crippen LogP contribution in [0.4, 0.5) is 30.0 Å². The molecule has 2 saturated heterocycles. The van der Waals surface area contributed by atoms with Crippen LogP contribution in [0.15, 0.2) is 36.5 Å². The number of hydrogen-bond donors (Lipinski definition) is 2. The Morgan fingerprint density at radius 2 is 1.82 bits per heavy atom. The summed E-state index contributed by atoms with van der Waals surface area (Å²) in [6.45, 7) is 7.01. The van der Waals surface area contributed by atoms with E-state index in [9.17, 15) is 18.4 Å². The van der Waals surface area contributed by atoms with Gasteiger partial charge in [-0.3, -0.25) is 5.32 Å². The lowest BCUT2D eigenvalue weighted by atomic mass is 10.0. The number of benzene rings is 1. The highest BCUT2D eigenvalue weighted by molar-refractivity contribution is 5.88. The van der Waals surface area contributed by atoms with Gasteiger partial charge in [-0.2, -0.15) is 4.52 Å². The minimum absolute atomic E-state index is 0.0692. The SMILES string of the molecule is CC(C)(C)OC(=O)NC1CCN(C(=O)Nc2cnc3ccc(N4CCCC4c4cc(F)ccc4F)nn23)CC1. The maximum Gasteiger partial charge on any atom is 0.407 e. The van der Waals surface area contributed by atoms with E-state index in [-0.39, 0.29) is 18.1 Å². The van der Waals surface area contributed by atoms with Gasteiger partial charge in [-0.05, 0) is 76.8 Å². The number of fused-ring (bicyclic) bond motifs is 1. The number of nitrogens with zero attached hydrogens (tertiary/aromatic N) is 5. The van der Waals surface area contributed by atoms with Crippen molar-refractivity contribution in [3.8, 4) is 0 Å². The molecule has 5 rings (SSSR count). The fraction of sp³-hybridized carbons (Fsp3) is 0.481. The molecule has 2 N–H and O–H groups in total. The summed E-state index contributed by atoms with van der Waals surface area (Å²) in [5.74, 6) is 0.0516. The summed E-state index contributed by atoms with van der Waals surface area (Å²) in [7, 11) is 0. The van der Waals surface area contributed by atoms with E-state index in [1.807, 2.05) is 25.7 Å². The standard InChI is InChI=1S/C27H33F2N7O3/c1-27(2,3)39-26(38)31-18-10-13-34(14-11-18)25(37)32-24-16-30-22-8-9-23(33-36(22)24)35-12-4-5-21(35)19-15-17(28)6-7-20(19)29/h6-9,15-16,18,21H,4-5,10-14H2,1-3H3,(H,31,38)(H,32,37). The molecule has 1 atom stereocenters. The van der Waals surface area contributed by atoms with E-state index in [4.69, 9.17) is 4.74 Å². The van der Waals surface area contributed by atoms with Crippen LogP contribution in [0, 0.1) is 11.6 Å². The lowest BCUT2D eigenvalue weighted by Crippen LogP contribution is -2.48. The van der Waals surface area contributed by atoms with Gasteiger partial charge in [0.05, 0.1) is 12.2 Å². The number of carbonyl (C=O) groups is 2. The Morgan fingerprint density at radius 1 is 1.05 bits per heavy atom. The Kier molecular flexibility index (Phi) is 7.28. The number of hydrogen-bond acceptors (Lipinski definition) is 6. The first-order chi connectivity index (χ1) is 18.6. The Morgan fingerprint density at radius 3 is 2.56 bits per heavy atom. The highest BCUT2D eigenvalue weighted by atomic mass is 19.1. The molecule has 39 heavy (non-hydrogen) atoms. The first-order valence-corrected chi connectivity index (χ1v) is 13.2. The first kappa shape index (κ1) is 26.6. The summed E-state index contributed by atoms with van der Waals surface area (Å²) in [4.78, 5) is 33.0. The number of carbonyl (C=O) groups excluding carboxylic acids is 2. The molecule has 12 heteroatoms. The van der Waals surface area contributed by atoms with E-state index in [1.165, 1.54) is 12.3 Å². The molecule has 1 unspecified atom stereocenters. The zero-order chi connectivity index (χ0) is 27.7. The van der Waals surface area contributed by atoms with E-state index >= 15 is 0 Å². The minimum atomic E-state index is -0.571. The maximum absolute atomic E-state index is 14.5. The van der Waals surface area contributed by atoms with E-state index in [2.05, 4.69) is 20.7 Å². The van der Waals surface area contributed by atoms with Gasteiger partial charge in [0, 0.05) is 31.2 Å². The van der Waals surface area contributed by atoms with Crippen molar-refractivity contribution < 1.29 is 23.1 Å². The van der Waals surface area contributed by atoms with Gasteiger partial charge < -0.3 is 19.9 Å². The number of alkyl carbamates (subject to hydrolysis) is 1. The zero-order valence-electron chi connectivity index (χ0n) is 22.3. The van der Waals surface area contributed by atoms with Crippen molar-refractivity contribution in [1.29, 1.82) is 0 Å². The van der Waals surface area contributed by atoms with E-state index in [1.54, 1.807) is 21.5 Å². The molecule has 10 nitrogen and oxygen atoms in total. The number of nitrogens with one attached hydrogen (secondary N) is 2. The molecule has 3 amide bonds. The van der Waals surface area contributed by atoms with Crippen molar-refractivity contribution in [3.63, 3.8) is 0 Å². The lowest BCUT2D eigenvalue weighted by molar-refractivity contribution is 0.0486. The molecule has 2 fully saturated rings. The van der Waals surface area contributed by atoms with E-state index < -0.39 is 23.3 Å². The number of aromatic nitrogens is 3. The van der Waals surface area contributed by atoms with Crippen LogP contribution in [0.1, 0.15) is 58.1 Å². The summed E-state index contributed by atoms with van der Waals surface area (Å²) in [6.07, 6.45) is 3.77. The summed E-state index contributed by atoms with van der Waals surface area (Å²) in [5.41, 5.74) is 0.276.